The molecule has 0 bridgehead atoms. The molecule has 2 N–H and O–H groups in total. The van der Waals surface area contributed by atoms with Gasteiger partial charge in [0.2, 0.25) is 0 Å². The minimum absolute atomic E-state index is 0.0670. The first-order chi connectivity index (χ1) is 14.4. The van der Waals surface area contributed by atoms with E-state index in [1.54, 1.807) is 0 Å². The van der Waals surface area contributed by atoms with E-state index >= 15 is 0 Å². The van der Waals surface area contributed by atoms with Gasteiger partial charge in [-0.25, -0.2) is 0 Å². The summed E-state index contributed by atoms with van der Waals surface area (Å²) in [5.74, 6) is -1.46. The van der Waals surface area contributed by atoms with Crippen LogP contribution in [0, 0.1) is 10.1 Å². The fourth-order valence-corrected chi connectivity index (χ4v) is 3.58. The van der Waals surface area contributed by atoms with Crippen molar-refractivity contribution in [3.05, 3.63) is 64.2 Å². The Morgan fingerprint density at radius 3 is 2.60 bits per heavy atom. The van der Waals surface area contributed by atoms with Gasteiger partial charge in [0.1, 0.15) is 5.75 Å². The van der Waals surface area contributed by atoms with E-state index in [2.05, 4.69) is 34.6 Å². The van der Waals surface area contributed by atoms with Gasteiger partial charge in [-0.15, -0.1) is 0 Å². The van der Waals surface area contributed by atoms with Gasteiger partial charge in [0.25, 0.3) is 5.69 Å². The lowest BCUT2D eigenvalue weighted by Gasteiger charge is -2.20. The number of methoxy groups -OCH3 is 1. The summed E-state index contributed by atoms with van der Waals surface area (Å²) < 4.78 is 5.10. The number of ether oxygens (including phenoxy) is 1. The molecule has 0 aromatic heterocycles. The quantitative estimate of drug-likeness (QED) is 0.428. The monoisotopic (exact) mass is 412 g/mol. The summed E-state index contributed by atoms with van der Waals surface area (Å²) in [6.07, 6.45) is 0.728. The molecule has 158 valence electrons. The molecule has 1 fully saturated rings. The standard InChI is InChI=1S/C21H24N4O5/c1-14-10-16(13-24(14)12-15-6-4-3-5-7-15)22-20(26)21(27)23-18-11-17(25(28)29)8-9-19(18)30-2/h3-9,11,14,16H,10,12-13H2,1-2H3,(H,22,26)(H,23,27). The second-order valence-corrected chi connectivity index (χ2v) is 7.27. The Labute approximate surface area is 174 Å². The van der Waals surface area contributed by atoms with Crippen molar-refractivity contribution in [3.63, 3.8) is 0 Å². The van der Waals surface area contributed by atoms with Crippen LogP contribution in [0.5, 0.6) is 5.75 Å². The van der Waals surface area contributed by atoms with E-state index in [1.807, 2.05) is 18.2 Å². The van der Waals surface area contributed by atoms with Gasteiger partial charge >= 0.3 is 11.8 Å². The number of nitrogens with one attached hydrogen (secondary N) is 2. The number of carbonyl (C=O) groups excluding carboxylic acids is 2. The molecule has 3 rings (SSSR count). The molecule has 1 saturated heterocycles. The Bertz CT molecular complexity index is 934. The van der Waals surface area contributed by atoms with Crippen molar-refractivity contribution in [1.82, 2.24) is 10.2 Å². The molecule has 0 spiro atoms. The lowest BCUT2D eigenvalue weighted by atomic mass is 10.2. The number of benzene rings is 2. The molecule has 1 aliphatic rings. The Morgan fingerprint density at radius 2 is 1.93 bits per heavy atom. The van der Waals surface area contributed by atoms with Crippen LogP contribution < -0.4 is 15.4 Å². The number of nitro benzene ring substituents is 1. The second kappa shape index (κ2) is 9.36. The fraction of sp³-hybridized carbons (Fsp3) is 0.333. The Hall–Kier alpha value is -3.46. The number of likely N-dealkylation sites (tertiary alicyclic amines) is 1. The van der Waals surface area contributed by atoms with Crippen molar-refractivity contribution < 1.29 is 19.2 Å². The van der Waals surface area contributed by atoms with Crippen LogP contribution in [0.15, 0.2) is 48.5 Å². The van der Waals surface area contributed by atoms with Gasteiger partial charge in [0.15, 0.2) is 0 Å². The second-order valence-electron chi connectivity index (χ2n) is 7.27. The SMILES string of the molecule is COc1ccc([N+](=O)[O-])cc1NC(=O)C(=O)NC1CC(C)N(Cc2ccccc2)C1. The summed E-state index contributed by atoms with van der Waals surface area (Å²) in [6.45, 7) is 3.49. The fourth-order valence-electron chi connectivity index (χ4n) is 3.58. The summed E-state index contributed by atoms with van der Waals surface area (Å²) in [6, 6.07) is 13.9. The van der Waals surface area contributed by atoms with Gasteiger partial charge in [0.05, 0.1) is 17.7 Å². The third kappa shape index (κ3) is 5.12. The number of rotatable bonds is 6. The first-order valence-corrected chi connectivity index (χ1v) is 9.59. The summed E-state index contributed by atoms with van der Waals surface area (Å²) in [5.41, 5.74) is 1.04. The third-order valence-corrected chi connectivity index (χ3v) is 5.12. The van der Waals surface area contributed by atoms with Crippen LogP contribution in [-0.4, -0.2) is 47.4 Å². The van der Waals surface area contributed by atoms with E-state index in [-0.39, 0.29) is 29.2 Å². The van der Waals surface area contributed by atoms with E-state index in [9.17, 15) is 19.7 Å². The smallest absolute Gasteiger partial charge is 0.313 e. The third-order valence-electron chi connectivity index (χ3n) is 5.12. The van der Waals surface area contributed by atoms with Gasteiger partial charge in [-0.2, -0.15) is 0 Å². The highest BCUT2D eigenvalue weighted by atomic mass is 16.6. The Morgan fingerprint density at radius 1 is 1.20 bits per heavy atom. The average molecular weight is 412 g/mol. The molecule has 1 aliphatic heterocycles. The van der Waals surface area contributed by atoms with Crippen LogP contribution in [0.3, 0.4) is 0 Å². The maximum atomic E-state index is 12.4. The van der Waals surface area contributed by atoms with Crippen LogP contribution >= 0.6 is 0 Å². The van der Waals surface area contributed by atoms with Crippen LogP contribution in [0.2, 0.25) is 0 Å². The summed E-state index contributed by atoms with van der Waals surface area (Å²) in [4.78, 5) is 37.3. The summed E-state index contributed by atoms with van der Waals surface area (Å²) >= 11 is 0. The molecule has 9 nitrogen and oxygen atoms in total. The van der Waals surface area contributed by atoms with Crippen molar-refractivity contribution in [2.45, 2.75) is 32.0 Å². The normalized spacial score (nSPS) is 18.6. The predicted octanol–water partition coefficient (Wildman–Crippen LogP) is 2.32. The minimum atomic E-state index is -0.900. The topological polar surface area (TPSA) is 114 Å². The molecule has 2 atom stereocenters. The highest BCUT2D eigenvalue weighted by molar-refractivity contribution is 6.39. The molecule has 2 aromatic rings. The number of anilines is 1. The van der Waals surface area contributed by atoms with E-state index < -0.39 is 16.7 Å². The van der Waals surface area contributed by atoms with Crippen LogP contribution in [0.1, 0.15) is 18.9 Å². The molecular weight excluding hydrogens is 388 g/mol. The molecule has 0 aliphatic carbocycles. The number of hydrogen-bond acceptors (Lipinski definition) is 6. The number of hydrogen-bond donors (Lipinski definition) is 2. The largest absolute Gasteiger partial charge is 0.495 e. The Balaban J connectivity index is 1.59. The van der Waals surface area contributed by atoms with Crippen molar-refractivity contribution in [1.29, 1.82) is 0 Å². The molecule has 1 heterocycles. The van der Waals surface area contributed by atoms with Crippen molar-refractivity contribution in [2.75, 3.05) is 19.0 Å². The molecule has 2 amide bonds. The molecule has 30 heavy (non-hydrogen) atoms. The lowest BCUT2D eigenvalue weighted by Crippen LogP contribution is -2.43. The van der Waals surface area contributed by atoms with E-state index in [4.69, 9.17) is 4.74 Å². The van der Waals surface area contributed by atoms with Gasteiger partial charge in [-0.05, 0) is 25.0 Å². The van der Waals surface area contributed by atoms with Gasteiger partial charge in [-0.1, -0.05) is 30.3 Å². The van der Waals surface area contributed by atoms with Crippen LogP contribution in [0.4, 0.5) is 11.4 Å². The van der Waals surface area contributed by atoms with Crippen molar-refractivity contribution in [3.8, 4) is 5.75 Å². The average Bonchev–Trinajstić information content (AvgIpc) is 3.07. The van der Waals surface area contributed by atoms with Crippen molar-refractivity contribution in [2.24, 2.45) is 0 Å². The first-order valence-electron chi connectivity index (χ1n) is 9.59. The first kappa shape index (κ1) is 21.3. The molecule has 0 saturated carbocycles. The number of nitro groups is 1. The predicted molar refractivity (Wildman–Crippen MR) is 111 cm³/mol. The zero-order valence-corrected chi connectivity index (χ0v) is 16.8. The maximum absolute atomic E-state index is 12.4. The Kier molecular flexibility index (Phi) is 6.63. The zero-order chi connectivity index (χ0) is 21.7. The minimum Gasteiger partial charge on any atom is -0.495 e. The number of carbonyl (C=O) groups is 2. The highest BCUT2D eigenvalue weighted by Gasteiger charge is 2.31. The summed E-state index contributed by atoms with van der Waals surface area (Å²) in [5, 5.41) is 16.1. The maximum Gasteiger partial charge on any atom is 0.313 e. The molecular formula is C21H24N4O5. The van der Waals surface area contributed by atoms with Gasteiger partial charge < -0.3 is 15.4 Å². The van der Waals surface area contributed by atoms with Crippen molar-refractivity contribution >= 4 is 23.2 Å². The number of non-ortho nitro benzene ring substituents is 1. The lowest BCUT2D eigenvalue weighted by molar-refractivity contribution is -0.384. The molecule has 9 heteroatoms. The van der Waals surface area contributed by atoms with Gasteiger partial charge in [-0.3, -0.25) is 24.6 Å². The van der Waals surface area contributed by atoms with Crippen LogP contribution in [-0.2, 0) is 16.1 Å². The molecule has 2 unspecified atom stereocenters. The van der Waals surface area contributed by atoms with E-state index in [0.717, 1.165) is 19.0 Å². The molecule has 2 aromatic carbocycles. The number of amides is 2. The highest BCUT2D eigenvalue weighted by Crippen LogP contribution is 2.28. The zero-order valence-electron chi connectivity index (χ0n) is 16.8. The van der Waals surface area contributed by atoms with E-state index in [0.29, 0.717) is 6.54 Å². The van der Waals surface area contributed by atoms with Gasteiger partial charge in [0, 0.05) is 37.3 Å². The molecule has 0 radical (unpaired) electrons. The number of nitrogens with zero attached hydrogens (tertiary/aromatic N) is 2. The van der Waals surface area contributed by atoms with E-state index in [1.165, 1.54) is 24.8 Å². The van der Waals surface area contributed by atoms with Crippen LogP contribution in [0.25, 0.3) is 0 Å². The summed E-state index contributed by atoms with van der Waals surface area (Å²) in [7, 11) is 1.37.